The number of nitrogens with one attached hydrogen (secondary N) is 3. The molecule has 1 saturated heterocycles. The summed E-state index contributed by atoms with van der Waals surface area (Å²) in [5.41, 5.74) is -0.0887. The van der Waals surface area contributed by atoms with Crippen molar-refractivity contribution in [3.8, 4) is 0 Å². The Morgan fingerprint density at radius 3 is 2.76 bits per heavy atom. The van der Waals surface area contributed by atoms with Gasteiger partial charge in [0.1, 0.15) is 6.04 Å². The summed E-state index contributed by atoms with van der Waals surface area (Å²) in [7, 11) is 0. The minimum Gasteiger partial charge on any atom is -0.356 e. The fraction of sp³-hybridized carbons (Fsp3) is 0.385. The maximum absolute atomic E-state index is 11.6. The highest BCUT2D eigenvalue weighted by Gasteiger charge is 2.30. The molecule has 4 amide bonds. The number of imide groups is 1. The molecule has 0 radical (unpaired) electrons. The highest BCUT2D eigenvalue weighted by molar-refractivity contribution is 6.05. The molecule has 3 N–H and O–H groups in total. The number of carbonyl (C=O) groups excluding carboxylic acids is 3. The van der Waals surface area contributed by atoms with Gasteiger partial charge in [0.05, 0.1) is 6.42 Å². The molecule has 1 aliphatic rings. The number of rotatable bonds is 6. The molecule has 1 unspecified atom stereocenters. The first-order valence-corrected chi connectivity index (χ1v) is 6.60. The van der Waals surface area contributed by atoms with Crippen LogP contribution in [0.15, 0.2) is 29.2 Å². The molecule has 112 valence electrons. The van der Waals surface area contributed by atoms with Gasteiger partial charge < -0.3 is 15.2 Å². The van der Waals surface area contributed by atoms with Crippen molar-refractivity contribution in [2.24, 2.45) is 0 Å². The molecule has 1 aromatic heterocycles. The van der Waals surface area contributed by atoms with Crippen molar-refractivity contribution in [3.63, 3.8) is 0 Å². The van der Waals surface area contributed by atoms with Crippen LogP contribution in [0.25, 0.3) is 0 Å². The monoisotopic (exact) mass is 292 g/mol. The maximum atomic E-state index is 11.6. The van der Waals surface area contributed by atoms with Gasteiger partial charge in [-0.1, -0.05) is 6.07 Å². The molecule has 2 rings (SSSR count). The fourth-order valence-electron chi connectivity index (χ4n) is 1.98. The summed E-state index contributed by atoms with van der Waals surface area (Å²) in [4.78, 5) is 45.2. The number of carbonyl (C=O) groups is 3. The number of amides is 4. The predicted molar refractivity (Wildman–Crippen MR) is 73.4 cm³/mol. The van der Waals surface area contributed by atoms with Crippen molar-refractivity contribution in [2.75, 3.05) is 6.54 Å². The minimum atomic E-state index is -0.811. The lowest BCUT2D eigenvalue weighted by Crippen LogP contribution is -2.36. The maximum Gasteiger partial charge on any atom is 0.322 e. The molecule has 1 aromatic rings. The van der Waals surface area contributed by atoms with Crippen molar-refractivity contribution < 1.29 is 14.4 Å². The highest BCUT2D eigenvalue weighted by Crippen LogP contribution is 1.98. The zero-order chi connectivity index (χ0) is 15.2. The molecule has 0 saturated carbocycles. The highest BCUT2D eigenvalue weighted by atomic mass is 16.2. The molecule has 8 nitrogen and oxygen atoms in total. The average Bonchev–Trinajstić information content (AvgIpc) is 2.75. The number of hydrogen-bond acceptors (Lipinski definition) is 4. The molecule has 0 bridgehead atoms. The standard InChI is InChI=1S/C13H16N4O4/c18-10(8-9-12(20)16-13(21)15-9)14-5-3-7-17-6-2-1-4-11(17)19/h1-2,4,6,9H,3,5,7-8H2,(H,14,18)(H2,15,16,20,21). The van der Waals surface area contributed by atoms with Crippen LogP contribution in [-0.2, 0) is 16.1 Å². The Morgan fingerprint density at radius 1 is 1.29 bits per heavy atom. The van der Waals surface area contributed by atoms with Gasteiger partial charge in [0.15, 0.2) is 0 Å². The van der Waals surface area contributed by atoms with Gasteiger partial charge in [-0.25, -0.2) is 4.79 Å². The second kappa shape index (κ2) is 6.69. The number of aromatic nitrogens is 1. The van der Waals surface area contributed by atoms with E-state index >= 15 is 0 Å². The van der Waals surface area contributed by atoms with E-state index in [-0.39, 0.29) is 17.9 Å². The van der Waals surface area contributed by atoms with E-state index in [9.17, 15) is 19.2 Å². The van der Waals surface area contributed by atoms with Crippen molar-refractivity contribution in [1.29, 1.82) is 0 Å². The van der Waals surface area contributed by atoms with Crippen LogP contribution in [0.2, 0.25) is 0 Å². The van der Waals surface area contributed by atoms with E-state index in [1.165, 1.54) is 6.07 Å². The molecule has 0 aromatic carbocycles. The van der Waals surface area contributed by atoms with Crippen LogP contribution < -0.4 is 21.5 Å². The van der Waals surface area contributed by atoms with Crippen LogP contribution in [0.4, 0.5) is 4.79 Å². The molecule has 21 heavy (non-hydrogen) atoms. The lowest BCUT2D eigenvalue weighted by molar-refractivity contribution is -0.126. The first-order valence-electron chi connectivity index (χ1n) is 6.60. The predicted octanol–water partition coefficient (Wildman–Crippen LogP) is -1.05. The van der Waals surface area contributed by atoms with E-state index in [2.05, 4.69) is 16.0 Å². The zero-order valence-electron chi connectivity index (χ0n) is 11.3. The first-order chi connectivity index (χ1) is 10.1. The summed E-state index contributed by atoms with van der Waals surface area (Å²) in [5.74, 6) is -0.816. The zero-order valence-corrected chi connectivity index (χ0v) is 11.3. The molecule has 0 aliphatic carbocycles. The van der Waals surface area contributed by atoms with E-state index in [1.807, 2.05) is 0 Å². The Kier molecular flexibility index (Phi) is 4.70. The SMILES string of the molecule is O=C(CC1NC(=O)NC1=O)NCCCn1ccccc1=O. The van der Waals surface area contributed by atoms with E-state index < -0.39 is 18.0 Å². The first kappa shape index (κ1) is 14.8. The smallest absolute Gasteiger partial charge is 0.322 e. The lowest BCUT2D eigenvalue weighted by atomic mass is 10.2. The fourth-order valence-corrected chi connectivity index (χ4v) is 1.98. The number of pyridine rings is 1. The van der Waals surface area contributed by atoms with E-state index in [0.29, 0.717) is 19.5 Å². The number of nitrogens with zero attached hydrogens (tertiary/aromatic N) is 1. The summed E-state index contributed by atoms with van der Waals surface area (Å²) >= 11 is 0. The van der Waals surface area contributed by atoms with Gasteiger partial charge in [0.2, 0.25) is 11.5 Å². The van der Waals surface area contributed by atoms with Gasteiger partial charge in [-0.05, 0) is 12.5 Å². The molecule has 1 atom stereocenters. The summed E-state index contributed by atoms with van der Waals surface area (Å²) in [6.07, 6.45) is 2.18. The molecular weight excluding hydrogens is 276 g/mol. The van der Waals surface area contributed by atoms with Gasteiger partial charge >= 0.3 is 6.03 Å². The van der Waals surface area contributed by atoms with Crippen LogP contribution in [0.5, 0.6) is 0 Å². The van der Waals surface area contributed by atoms with Gasteiger partial charge in [0, 0.05) is 25.4 Å². The summed E-state index contributed by atoms with van der Waals surface area (Å²) in [5, 5.41) is 7.06. The van der Waals surface area contributed by atoms with Crippen molar-refractivity contribution in [2.45, 2.75) is 25.4 Å². The third kappa shape index (κ3) is 4.16. The summed E-state index contributed by atoms with van der Waals surface area (Å²) < 4.78 is 1.55. The van der Waals surface area contributed by atoms with Crippen LogP contribution in [-0.4, -0.2) is 35.0 Å². The minimum absolute atomic E-state index is 0.0887. The van der Waals surface area contributed by atoms with Crippen LogP contribution in [0.1, 0.15) is 12.8 Å². The van der Waals surface area contributed by atoms with Crippen LogP contribution in [0, 0.1) is 0 Å². The second-order valence-electron chi connectivity index (χ2n) is 4.66. The molecule has 8 heteroatoms. The number of urea groups is 1. The Bertz CT molecular complexity index is 610. The molecule has 1 fully saturated rings. The van der Waals surface area contributed by atoms with Crippen molar-refractivity contribution in [3.05, 3.63) is 34.7 Å². The van der Waals surface area contributed by atoms with E-state index in [4.69, 9.17) is 0 Å². The van der Waals surface area contributed by atoms with Gasteiger partial charge in [0.25, 0.3) is 5.91 Å². The van der Waals surface area contributed by atoms with Gasteiger partial charge in [-0.15, -0.1) is 0 Å². The Labute approximate surface area is 120 Å². The summed E-state index contributed by atoms with van der Waals surface area (Å²) in [6, 6.07) is 3.51. The van der Waals surface area contributed by atoms with Crippen LogP contribution >= 0.6 is 0 Å². The van der Waals surface area contributed by atoms with E-state index in [1.54, 1.807) is 22.9 Å². The Balaban J connectivity index is 1.68. The lowest BCUT2D eigenvalue weighted by Gasteiger charge is -2.09. The number of aryl methyl sites for hydroxylation is 1. The van der Waals surface area contributed by atoms with Gasteiger partial charge in [-0.2, -0.15) is 0 Å². The van der Waals surface area contributed by atoms with E-state index in [0.717, 1.165) is 0 Å². The second-order valence-corrected chi connectivity index (χ2v) is 4.66. The largest absolute Gasteiger partial charge is 0.356 e. The molecule has 0 spiro atoms. The Morgan fingerprint density at radius 2 is 2.10 bits per heavy atom. The quantitative estimate of drug-likeness (QED) is 0.459. The third-order valence-electron chi connectivity index (χ3n) is 3.05. The summed E-state index contributed by atoms with van der Waals surface area (Å²) in [6.45, 7) is 0.892. The topological polar surface area (TPSA) is 109 Å². The average molecular weight is 292 g/mol. The van der Waals surface area contributed by atoms with Gasteiger partial charge in [-0.3, -0.25) is 19.7 Å². The van der Waals surface area contributed by atoms with Crippen molar-refractivity contribution >= 4 is 17.8 Å². The molecular formula is C13H16N4O4. The van der Waals surface area contributed by atoms with Crippen molar-refractivity contribution in [1.82, 2.24) is 20.5 Å². The van der Waals surface area contributed by atoms with Crippen LogP contribution in [0.3, 0.4) is 0 Å². The number of hydrogen-bond donors (Lipinski definition) is 3. The molecule has 2 heterocycles. The Hall–Kier alpha value is -2.64. The molecule has 1 aliphatic heterocycles. The normalized spacial score (nSPS) is 17.2. The third-order valence-corrected chi connectivity index (χ3v) is 3.05.